The summed E-state index contributed by atoms with van der Waals surface area (Å²) in [6, 6.07) is 14.6. The van der Waals surface area contributed by atoms with Gasteiger partial charge in [-0.15, -0.1) is 10.2 Å². The second-order valence-corrected chi connectivity index (χ2v) is 6.64. The molecule has 0 aliphatic heterocycles. The number of benzene rings is 2. The average Bonchev–Trinajstić information content (AvgIpc) is 3.19. The number of ether oxygens (including phenoxy) is 1. The van der Waals surface area contributed by atoms with Gasteiger partial charge in [0.15, 0.2) is 5.82 Å². The van der Waals surface area contributed by atoms with Gasteiger partial charge in [-0.3, -0.25) is 0 Å². The molecule has 126 valence electrons. The third kappa shape index (κ3) is 3.23. The van der Waals surface area contributed by atoms with Gasteiger partial charge in [-0.05, 0) is 29.3 Å². The third-order valence-corrected chi connectivity index (χ3v) is 4.82. The normalized spacial score (nSPS) is 11.1. The Hall–Kier alpha value is -2.80. The van der Waals surface area contributed by atoms with E-state index in [9.17, 15) is 4.39 Å². The fraction of sp³-hybridized carbons (Fsp3) is 0.167. The highest BCUT2D eigenvalue weighted by Crippen LogP contribution is 2.20. The molecule has 0 spiro atoms. The van der Waals surface area contributed by atoms with Crippen LogP contribution in [0.2, 0.25) is 0 Å². The van der Waals surface area contributed by atoms with E-state index in [1.807, 2.05) is 30.3 Å². The SMILES string of the molecule is COc1ccc(Cc2nn3c(Cc4ccccc4F)nnc3s2)cc1. The van der Waals surface area contributed by atoms with Gasteiger partial charge < -0.3 is 4.74 Å². The highest BCUT2D eigenvalue weighted by Gasteiger charge is 2.14. The van der Waals surface area contributed by atoms with E-state index in [1.165, 1.54) is 17.4 Å². The van der Waals surface area contributed by atoms with Crippen LogP contribution < -0.4 is 4.74 Å². The summed E-state index contributed by atoms with van der Waals surface area (Å²) in [7, 11) is 1.65. The molecule has 0 amide bonds. The van der Waals surface area contributed by atoms with E-state index < -0.39 is 0 Å². The first-order chi connectivity index (χ1) is 12.2. The minimum atomic E-state index is -0.243. The molecule has 0 saturated carbocycles. The summed E-state index contributed by atoms with van der Waals surface area (Å²) in [6.07, 6.45) is 1.07. The molecule has 4 rings (SSSR count). The molecule has 2 heterocycles. The number of methoxy groups -OCH3 is 1. The van der Waals surface area contributed by atoms with E-state index in [-0.39, 0.29) is 5.82 Å². The second kappa shape index (κ2) is 6.60. The van der Waals surface area contributed by atoms with E-state index in [4.69, 9.17) is 4.74 Å². The summed E-state index contributed by atoms with van der Waals surface area (Å²) in [5.41, 5.74) is 1.72. The van der Waals surface area contributed by atoms with Gasteiger partial charge in [-0.25, -0.2) is 4.39 Å². The van der Waals surface area contributed by atoms with E-state index >= 15 is 0 Å². The van der Waals surface area contributed by atoms with Crippen molar-refractivity contribution in [1.82, 2.24) is 19.8 Å². The summed E-state index contributed by atoms with van der Waals surface area (Å²) < 4.78 is 20.7. The van der Waals surface area contributed by atoms with Gasteiger partial charge in [-0.1, -0.05) is 41.7 Å². The van der Waals surface area contributed by atoms with Crippen LogP contribution in [0.25, 0.3) is 4.96 Å². The van der Waals surface area contributed by atoms with Crippen molar-refractivity contribution >= 4 is 16.3 Å². The fourth-order valence-electron chi connectivity index (χ4n) is 2.61. The first-order valence-electron chi connectivity index (χ1n) is 7.79. The second-order valence-electron chi connectivity index (χ2n) is 5.60. The Kier molecular flexibility index (Phi) is 4.15. The maximum Gasteiger partial charge on any atom is 0.234 e. The lowest BCUT2D eigenvalue weighted by atomic mass is 10.1. The number of halogens is 1. The van der Waals surface area contributed by atoms with E-state index in [2.05, 4.69) is 15.3 Å². The van der Waals surface area contributed by atoms with Crippen molar-refractivity contribution < 1.29 is 9.13 Å². The lowest BCUT2D eigenvalue weighted by Gasteiger charge is -2.01. The van der Waals surface area contributed by atoms with Crippen molar-refractivity contribution in [2.75, 3.05) is 7.11 Å². The van der Waals surface area contributed by atoms with Gasteiger partial charge in [-0.2, -0.15) is 9.61 Å². The van der Waals surface area contributed by atoms with Crippen molar-refractivity contribution in [3.8, 4) is 5.75 Å². The Balaban J connectivity index is 1.58. The van der Waals surface area contributed by atoms with Gasteiger partial charge in [0.1, 0.15) is 16.6 Å². The summed E-state index contributed by atoms with van der Waals surface area (Å²) >= 11 is 1.49. The topological polar surface area (TPSA) is 52.3 Å². The quantitative estimate of drug-likeness (QED) is 0.550. The van der Waals surface area contributed by atoms with Crippen LogP contribution in [0.3, 0.4) is 0 Å². The molecule has 0 aliphatic rings. The molecule has 0 atom stereocenters. The summed E-state index contributed by atoms with van der Waals surface area (Å²) in [4.78, 5) is 0.717. The molecule has 0 unspecified atom stereocenters. The van der Waals surface area contributed by atoms with Crippen molar-refractivity contribution in [3.05, 3.63) is 76.3 Å². The molecule has 0 aliphatic carbocycles. The molecule has 5 nitrogen and oxygen atoms in total. The molecule has 0 N–H and O–H groups in total. The van der Waals surface area contributed by atoms with Crippen LogP contribution in [-0.4, -0.2) is 26.9 Å². The average molecular weight is 354 g/mol. The van der Waals surface area contributed by atoms with Gasteiger partial charge in [0.05, 0.1) is 7.11 Å². The molecular weight excluding hydrogens is 339 g/mol. The predicted molar refractivity (Wildman–Crippen MR) is 93.7 cm³/mol. The Morgan fingerprint density at radius 1 is 1.04 bits per heavy atom. The Labute approximate surface area is 147 Å². The number of aromatic nitrogens is 4. The van der Waals surface area contributed by atoms with Gasteiger partial charge in [0, 0.05) is 12.8 Å². The summed E-state index contributed by atoms with van der Waals surface area (Å²) in [5, 5.41) is 13.8. The zero-order valence-electron chi connectivity index (χ0n) is 13.5. The number of nitrogens with zero attached hydrogens (tertiary/aromatic N) is 4. The molecule has 2 aromatic heterocycles. The highest BCUT2D eigenvalue weighted by atomic mass is 32.1. The molecule has 0 saturated heterocycles. The smallest absolute Gasteiger partial charge is 0.234 e. The standard InChI is InChI=1S/C18H15FN4OS/c1-24-14-8-6-12(7-9-14)10-17-22-23-16(20-21-18(23)25-17)11-13-4-2-3-5-15(13)19/h2-9H,10-11H2,1H3. The molecule has 2 aromatic carbocycles. The first-order valence-corrected chi connectivity index (χ1v) is 8.61. The van der Waals surface area contributed by atoms with Crippen molar-refractivity contribution in [3.63, 3.8) is 0 Å². The zero-order valence-corrected chi connectivity index (χ0v) is 14.3. The Morgan fingerprint density at radius 3 is 2.60 bits per heavy atom. The van der Waals surface area contributed by atoms with E-state index in [1.54, 1.807) is 23.8 Å². The van der Waals surface area contributed by atoms with Crippen LogP contribution in [0, 0.1) is 5.82 Å². The van der Waals surface area contributed by atoms with Gasteiger partial charge in [0.25, 0.3) is 0 Å². The summed E-state index contributed by atoms with van der Waals surface area (Å²) in [5.74, 6) is 1.22. The van der Waals surface area contributed by atoms with Crippen molar-refractivity contribution in [2.45, 2.75) is 12.8 Å². The van der Waals surface area contributed by atoms with E-state index in [0.29, 0.717) is 24.2 Å². The number of rotatable bonds is 5. The van der Waals surface area contributed by atoms with Gasteiger partial charge >= 0.3 is 0 Å². The maximum atomic E-state index is 13.9. The lowest BCUT2D eigenvalue weighted by Crippen LogP contribution is -2.00. The highest BCUT2D eigenvalue weighted by molar-refractivity contribution is 7.16. The monoisotopic (exact) mass is 354 g/mol. The molecule has 0 bridgehead atoms. The zero-order chi connectivity index (χ0) is 17.2. The van der Waals surface area contributed by atoms with E-state index in [0.717, 1.165) is 21.3 Å². The molecular formula is C18H15FN4OS. The van der Waals surface area contributed by atoms with Crippen LogP contribution in [0.5, 0.6) is 5.75 Å². The molecule has 0 radical (unpaired) electrons. The minimum Gasteiger partial charge on any atom is -0.497 e. The summed E-state index contributed by atoms with van der Waals surface area (Å²) in [6.45, 7) is 0. The Bertz CT molecular complexity index is 1010. The molecule has 25 heavy (non-hydrogen) atoms. The number of fused-ring (bicyclic) bond motifs is 1. The van der Waals surface area contributed by atoms with Crippen molar-refractivity contribution in [2.24, 2.45) is 0 Å². The Morgan fingerprint density at radius 2 is 1.84 bits per heavy atom. The van der Waals surface area contributed by atoms with Gasteiger partial charge in [0.2, 0.25) is 4.96 Å². The van der Waals surface area contributed by atoms with Crippen molar-refractivity contribution in [1.29, 1.82) is 0 Å². The number of hydrogen-bond donors (Lipinski definition) is 0. The molecule has 7 heteroatoms. The lowest BCUT2D eigenvalue weighted by molar-refractivity contribution is 0.414. The van der Waals surface area contributed by atoms with Crippen LogP contribution in [-0.2, 0) is 12.8 Å². The fourth-order valence-corrected chi connectivity index (χ4v) is 3.50. The minimum absolute atomic E-state index is 0.243. The predicted octanol–water partition coefficient (Wildman–Crippen LogP) is 3.52. The van der Waals surface area contributed by atoms with Crippen LogP contribution in [0.15, 0.2) is 48.5 Å². The maximum absolute atomic E-state index is 13.9. The molecule has 4 aromatic rings. The van der Waals surface area contributed by atoms with Crippen LogP contribution in [0.1, 0.15) is 22.0 Å². The third-order valence-electron chi connectivity index (χ3n) is 3.92. The number of hydrogen-bond acceptors (Lipinski definition) is 5. The largest absolute Gasteiger partial charge is 0.497 e. The van der Waals surface area contributed by atoms with Crippen LogP contribution in [0.4, 0.5) is 4.39 Å². The molecule has 0 fully saturated rings. The van der Waals surface area contributed by atoms with Crippen LogP contribution >= 0.6 is 11.3 Å². The first kappa shape index (κ1) is 15.7.